The molecule has 1 heterocycles. The lowest BCUT2D eigenvalue weighted by molar-refractivity contribution is 0.142. The summed E-state index contributed by atoms with van der Waals surface area (Å²) in [5.41, 5.74) is 7.67. The van der Waals surface area contributed by atoms with Crippen molar-refractivity contribution >= 4 is 0 Å². The molecule has 0 aliphatic heterocycles. The fourth-order valence-corrected chi connectivity index (χ4v) is 2.94. The summed E-state index contributed by atoms with van der Waals surface area (Å²) in [6, 6.07) is 2.08. The predicted octanol–water partition coefficient (Wildman–Crippen LogP) is 2.12. The van der Waals surface area contributed by atoms with Crippen LogP contribution < -0.4 is 5.73 Å². The van der Waals surface area contributed by atoms with Gasteiger partial charge in [-0.15, -0.1) is 0 Å². The normalized spacial score (nSPS) is 35.2. The van der Waals surface area contributed by atoms with Crippen molar-refractivity contribution in [2.45, 2.75) is 45.1 Å². The van der Waals surface area contributed by atoms with Gasteiger partial charge < -0.3 is 5.73 Å². The molecule has 3 nitrogen and oxygen atoms in total. The Hall–Kier alpha value is -0.830. The van der Waals surface area contributed by atoms with E-state index in [1.54, 1.807) is 0 Å². The first-order valence-electron chi connectivity index (χ1n) is 6.29. The molecule has 0 saturated heterocycles. The van der Waals surface area contributed by atoms with Crippen LogP contribution in [0.1, 0.15) is 38.8 Å². The number of nitrogens with zero attached hydrogens (tertiary/aromatic N) is 2. The van der Waals surface area contributed by atoms with Crippen molar-refractivity contribution in [1.82, 2.24) is 9.78 Å². The highest BCUT2D eigenvalue weighted by Crippen LogP contribution is 2.37. The Balaban J connectivity index is 2.12. The predicted molar refractivity (Wildman–Crippen MR) is 66.0 cm³/mol. The Kier molecular flexibility index (Phi) is 3.06. The van der Waals surface area contributed by atoms with Crippen molar-refractivity contribution in [3.63, 3.8) is 0 Å². The Bertz CT molecular complexity index is 358. The van der Waals surface area contributed by atoms with Gasteiger partial charge in [-0.25, -0.2) is 0 Å². The number of hydrogen-bond acceptors (Lipinski definition) is 2. The van der Waals surface area contributed by atoms with E-state index in [0.29, 0.717) is 5.92 Å². The molecule has 0 aromatic carbocycles. The maximum Gasteiger partial charge on any atom is 0.0642 e. The van der Waals surface area contributed by atoms with Crippen molar-refractivity contribution in [3.05, 3.63) is 18.0 Å². The second-order valence-corrected chi connectivity index (χ2v) is 5.55. The molecule has 90 valence electrons. The Morgan fingerprint density at radius 1 is 1.56 bits per heavy atom. The van der Waals surface area contributed by atoms with Crippen LogP contribution in [0.25, 0.3) is 0 Å². The molecule has 3 unspecified atom stereocenters. The summed E-state index contributed by atoms with van der Waals surface area (Å²) in [5.74, 6) is 1.32. The molecule has 1 saturated carbocycles. The van der Waals surface area contributed by atoms with E-state index in [1.165, 1.54) is 12.8 Å². The summed E-state index contributed by atoms with van der Waals surface area (Å²) < 4.78 is 1.86. The maximum atomic E-state index is 6.59. The molecular weight excluding hydrogens is 198 g/mol. The topological polar surface area (TPSA) is 43.8 Å². The summed E-state index contributed by atoms with van der Waals surface area (Å²) in [4.78, 5) is 0. The van der Waals surface area contributed by atoms with Gasteiger partial charge >= 0.3 is 0 Å². The quantitative estimate of drug-likeness (QED) is 0.831. The molecule has 2 rings (SSSR count). The molecule has 0 bridgehead atoms. The van der Waals surface area contributed by atoms with Gasteiger partial charge in [0.2, 0.25) is 0 Å². The number of aryl methyl sites for hydroxylation is 1. The van der Waals surface area contributed by atoms with Crippen molar-refractivity contribution in [3.8, 4) is 0 Å². The van der Waals surface area contributed by atoms with E-state index in [1.807, 2.05) is 17.9 Å². The van der Waals surface area contributed by atoms with E-state index in [2.05, 4.69) is 25.0 Å². The summed E-state index contributed by atoms with van der Waals surface area (Å²) >= 11 is 0. The van der Waals surface area contributed by atoms with Gasteiger partial charge in [0.25, 0.3) is 0 Å². The van der Waals surface area contributed by atoms with Gasteiger partial charge in [0.15, 0.2) is 0 Å². The van der Waals surface area contributed by atoms with Gasteiger partial charge in [-0.1, -0.05) is 26.7 Å². The fourth-order valence-electron chi connectivity index (χ4n) is 2.94. The minimum atomic E-state index is -0.0496. The molecule has 1 aromatic heterocycles. The van der Waals surface area contributed by atoms with E-state index in [9.17, 15) is 0 Å². The van der Waals surface area contributed by atoms with E-state index in [-0.39, 0.29) is 5.54 Å². The first-order chi connectivity index (χ1) is 7.51. The molecule has 1 fully saturated rings. The summed E-state index contributed by atoms with van der Waals surface area (Å²) in [6.07, 6.45) is 6.63. The molecule has 0 radical (unpaired) electrons. The molecule has 1 aliphatic rings. The second-order valence-electron chi connectivity index (χ2n) is 5.55. The molecule has 1 aromatic rings. The largest absolute Gasteiger partial charge is 0.324 e. The lowest BCUT2D eigenvalue weighted by Crippen LogP contribution is -2.52. The highest BCUT2D eigenvalue weighted by Gasteiger charge is 2.38. The minimum Gasteiger partial charge on any atom is -0.324 e. The van der Waals surface area contributed by atoms with Crippen LogP contribution in [0.2, 0.25) is 0 Å². The molecule has 1 aliphatic carbocycles. The fraction of sp³-hybridized carbons (Fsp3) is 0.769. The lowest BCUT2D eigenvalue weighted by atomic mass is 9.67. The third kappa shape index (κ3) is 2.14. The zero-order chi connectivity index (χ0) is 11.8. The highest BCUT2D eigenvalue weighted by atomic mass is 15.2. The average molecular weight is 221 g/mol. The smallest absolute Gasteiger partial charge is 0.0642 e. The number of nitrogens with two attached hydrogens (primary N) is 1. The van der Waals surface area contributed by atoms with Crippen LogP contribution in [-0.2, 0) is 13.5 Å². The Labute approximate surface area is 98.0 Å². The first-order valence-corrected chi connectivity index (χ1v) is 6.29. The zero-order valence-electron chi connectivity index (χ0n) is 10.6. The molecule has 0 spiro atoms. The van der Waals surface area contributed by atoms with Crippen molar-refractivity contribution in [1.29, 1.82) is 0 Å². The van der Waals surface area contributed by atoms with E-state index in [4.69, 9.17) is 5.73 Å². The number of rotatable bonds is 2. The molecular formula is C13H23N3. The van der Waals surface area contributed by atoms with Crippen LogP contribution in [0.15, 0.2) is 12.3 Å². The van der Waals surface area contributed by atoms with Gasteiger partial charge in [-0.2, -0.15) is 5.10 Å². The molecule has 0 amide bonds. The third-order valence-corrected chi connectivity index (χ3v) is 4.34. The monoisotopic (exact) mass is 221 g/mol. The first kappa shape index (κ1) is 11.6. The molecule has 3 atom stereocenters. The van der Waals surface area contributed by atoms with Gasteiger partial charge in [0, 0.05) is 25.2 Å². The van der Waals surface area contributed by atoms with Crippen LogP contribution in [0.5, 0.6) is 0 Å². The molecule has 3 heteroatoms. The third-order valence-electron chi connectivity index (χ3n) is 4.34. The summed E-state index contributed by atoms with van der Waals surface area (Å²) in [6.45, 7) is 4.62. The van der Waals surface area contributed by atoms with Gasteiger partial charge in [-0.05, 0) is 24.3 Å². The second kappa shape index (κ2) is 4.21. The van der Waals surface area contributed by atoms with Crippen LogP contribution in [0, 0.1) is 11.8 Å². The maximum absolute atomic E-state index is 6.59. The van der Waals surface area contributed by atoms with E-state index >= 15 is 0 Å². The standard InChI is InChI=1S/C13H23N3/c1-10-5-4-7-13(14,11(10)2)9-12-6-8-16(3)15-12/h6,8,10-11H,4-5,7,9,14H2,1-3H3. The van der Waals surface area contributed by atoms with E-state index in [0.717, 1.165) is 24.5 Å². The van der Waals surface area contributed by atoms with Gasteiger partial charge in [0.1, 0.15) is 0 Å². The molecule has 2 N–H and O–H groups in total. The van der Waals surface area contributed by atoms with Crippen LogP contribution >= 0.6 is 0 Å². The van der Waals surface area contributed by atoms with Crippen molar-refractivity contribution in [2.75, 3.05) is 0 Å². The Morgan fingerprint density at radius 3 is 2.94 bits per heavy atom. The van der Waals surface area contributed by atoms with Gasteiger partial charge in [0.05, 0.1) is 5.69 Å². The van der Waals surface area contributed by atoms with Gasteiger partial charge in [-0.3, -0.25) is 4.68 Å². The zero-order valence-corrected chi connectivity index (χ0v) is 10.6. The van der Waals surface area contributed by atoms with Crippen molar-refractivity contribution in [2.24, 2.45) is 24.6 Å². The SMILES string of the molecule is CC1CCCC(N)(Cc2ccn(C)n2)C1C. The summed E-state index contributed by atoms with van der Waals surface area (Å²) in [5, 5.41) is 4.45. The van der Waals surface area contributed by atoms with Crippen LogP contribution in [0.4, 0.5) is 0 Å². The highest BCUT2D eigenvalue weighted by molar-refractivity contribution is 5.08. The summed E-state index contributed by atoms with van der Waals surface area (Å²) in [7, 11) is 1.96. The van der Waals surface area contributed by atoms with Crippen molar-refractivity contribution < 1.29 is 0 Å². The molecule has 16 heavy (non-hydrogen) atoms. The minimum absolute atomic E-state index is 0.0496. The average Bonchev–Trinajstić information content (AvgIpc) is 2.60. The van der Waals surface area contributed by atoms with Crippen LogP contribution in [0.3, 0.4) is 0 Å². The lowest BCUT2D eigenvalue weighted by Gasteiger charge is -2.43. The number of hydrogen-bond donors (Lipinski definition) is 1. The Morgan fingerprint density at radius 2 is 2.31 bits per heavy atom. The van der Waals surface area contributed by atoms with E-state index < -0.39 is 0 Å². The number of aromatic nitrogens is 2. The van der Waals surface area contributed by atoms with Crippen LogP contribution in [-0.4, -0.2) is 15.3 Å².